The summed E-state index contributed by atoms with van der Waals surface area (Å²) >= 11 is 0. The first-order valence-corrected chi connectivity index (χ1v) is 10.0. The maximum Gasteiger partial charge on any atom is 0.119 e. The summed E-state index contributed by atoms with van der Waals surface area (Å²) in [4.78, 5) is 2.50. The largest absolute Gasteiger partial charge is 0.497 e. The molecule has 1 unspecified atom stereocenters. The van der Waals surface area contributed by atoms with Crippen LogP contribution < -0.4 is 4.74 Å². The SMILES string of the molecule is CCN(CC)CC(C)c1c(C)n(Cc2ccccc2)c2ccc(OC)cc12.Cl. The molecule has 3 rings (SSSR count). The van der Waals surface area contributed by atoms with Crippen molar-refractivity contribution in [1.82, 2.24) is 9.47 Å². The third kappa shape index (κ3) is 4.53. The standard InChI is InChI=1S/C24H32N2O.ClH/c1-6-25(7-2)16-18(3)24-19(4)26(17-20-11-9-8-10-12-20)23-14-13-21(27-5)15-22(23)24;/h8-15,18H,6-7,16-17H2,1-5H3;1H. The fourth-order valence-corrected chi connectivity index (χ4v) is 4.17. The van der Waals surface area contributed by atoms with E-state index in [2.05, 4.69) is 85.7 Å². The van der Waals surface area contributed by atoms with Gasteiger partial charge in [-0.25, -0.2) is 0 Å². The van der Waals surface area contributed by atoms with E-state index in [9.17, 15) is 0 Å². The van der Waals surface area contributed by atoms with Crippen LogP contribution in [0.1, 0.15) is 43.5 Å². The van der Waals surface area contributed by atoms with Crippen LogP contribution in [0.3, 0.4) is 0 Å². The molecule has 1 heterocycles. The van der Waals surface area contributed by atoms with Gasteiger partial charge in [-0.1, -0.05) is 51.1 Å². The number of ether oxygens (including phenoxy) is 1. The Hall–Kier alpha value is -1.97. The molecule has 0 saturated carbocycles. The van der Waals surface area contributed by atoms with Crippen LogP contribution in [0.15, 0.2) is 48.5 Å². The zero-order valence-electron chi connectivity index (χ0n) is 17.7. The van der Waals surface area contributed by atoms with Gasteiger partial charge in [0.1, 0.15) is 5.75 Å². The molecule has 3 aromatic rings. The summed E-state index contributed by atoms with van der Waals surface area (Å²) in [5.41, 5.74) is 5.43. The number of hydrogen-bond acceptors (Lipinski definition) is 2. The Morgan fingerprint density at radius 2 is 1.71 bits per heavy atom. The molecule has 1 aromatic heterocycles. The van der Waals surface area contributed by atoms with Gasteiger partial charge in [-0.05, 0) is 55.3 Å². The van der Waals surface area contributed by atoms with Crippen LogP contribution in [0.2, 0.25) is 0 Å². The fraction of sp³-hybridized carbons (Fsp3) is 0.417. The quantitative estimate of drug-likeness (QED) is 0.470. The van der Waals surface area contributed by atoms with Gasteiger partial charge in [0.15, 0.2) is 0 Å². The third-order valence-corrected chi connectivity index (χ3v) is 5.68. The van der Waals surface area contributed by atoms with Gasteiger partial charge in [-0.15, -0.1) is 12.4 Å². The number of likely N-dealkylation sites (N-methyl/N-ethyl adjacent to an activating group) is 1. The minimum atomic E-state index is 0. The molecule has 0 fully saturated rings. The second-order valence-corrected chi connectivity index (χ2v) is 7.34. The Bertz CT molecular complexity index is 885. The van der Waals surface area contributed by atoms with E-state index in [1.165, 1.54) is 27.7 Å². The van der Waals surface area contributed by atoms with E-state index in [0.29, 0.717) is 5.92 Å². The predicted molar refractivity (Wildman–Crippen MR) is 122 cm³/mol. The first-order valence-electron chi connectivity index (χ1n) is 10.0. The third-order valence-electron chi connectivity index (χ3n) is 5.68. The maximum absolute atomic E-state index is 5.53. The van der Waals surface area contributed by atoms with Crippen molar-refractivity contribution in [2.24, 2.45) is 0 Å². The molecule has 0 bridgehead atoms. The van der Waals surface area contributed by atoms with Crippen LogP contribution >= 0.6 is 12.4 Å². The van der Waals surface area contributed by atoms with Gasteiger partial charge in [0.25, 0.3) is 0 Å². The van der Waals surface area contributed by atoms with Crippen molar-refractivity contribution in [3.8, 4) is 5.75 Å². The molecule has 0 spiro atoms. The Labute approximate surface area is 175 Å². The number of fused-ring (bicyclic) bond motifs is 1. The second-order valence-electron chi connectivity index (χ2n) is 7.34. The Kier molecular flexibility index (Phi) is 7.97. The molecule has 0 amide bonds. The van der Waals surface area contributed by atoms with Crippen molar-refractivity contribution in [1.29, 1.82) is 0 Å². The molecular formula is C24H33ClN2O. The first kappa shape index (κ1) is 22.3. The number of aromatic nitrogens is 1. The van der Waals surface area contributed by atoms with E-state index in [0.717, 1.165) is 31.9 Å². The van der Waals surface area contributed by atoms with E-state index in [1.54, 1.807) is 7.11 Å². The zero-order valence-corrected chi connectivity index (χ0v) is 18.6. The van der Waals surface area contributed by atoms with Crippen molar-refractivity contribution < 1.29 is 4.74 Å². The monoisotopic (exact) mass is 400 g/mol. The lowest BCUT2D eigenvalue weighted by Crippen LogP contribution is -2.27. The van der Waals surface area contributed by atoms with E-state index < -0.39 is 0 Å². The number of nitrogens with zero attached hydrogens (tertiary/aromatic N) is 2. The molecule has 0 aliphatic rings. The highest BCUT2D eigenvalue weighted by atomic mass is 35.5. The smallest absolute Gasteiger partial charge is 0.119 e. The lowest BCUT2D eigenvalue weighted by atomic mass is 9.97. The lowest BCUT2D eigenvalue weighted by molar-refractivity contribution is 0.288. The van der Waals surface area contributed by atoms with Crippen molar-refractivity contribution in [3.63, 3.8) is 0 Å². The first-order chi connectivity index (χ1) is 13.1. The van der Waals surface area contributed by atoms with E-state index in [-0.39, 0.29) is 12.4 Å². The van der Waals surface area contributed by atoms with Gasteiger partial charge in [0.2, 0.25) is 0 Å². The molecule has 0 aliphatic heterocycles. The Morgan fingerprint density at radius 1 is 1.04 bits per heavy atom. The topological polar surface area (TPSA) is 17.4 Å². The Balaban J connectivity index is 0.00000280. The minimum absolute atomic E-state index is 0. The number of hydrogen-bond donors (Lipinski definition) is 0. The average molecular weight is 401 g/mol. The number of methoxy groups -OCH3 is 1. The number of rotatable bonds is 8. The van der Waals surface area contributed by atoms with Crippen molar-refractivity contribution in [2.45, 2.75) is 40.2 Å². The predicted octanol–water partition coefficient (Wildman–Crippen LogP) is 5.87. The zero-order chi connectivity index (χ0) is 19.4. The summed E-state index contributed by atoms with van der Waals surface area (Å²) < 4.78 is 7.98. The normalized spacial score (nSPS) is 12.2. The van der Waals surface area contributed by atoms with Gasteiger partial charge < -0.3 is 14.2 Å². The van der Waals surface area contributed by atoms with Gasteiger partial charge in [0.05, 0.1) is 7.11 Å². The molecule has 1 atom stereocenters. The van der Waals surface area contributed by atoms with Gasteiger partial charge in [0, 0.05) is 29.7 Å². The summed E-state index contributed by atoms with van der Waals surface area (Å²) in [5, 5.41) is 1.32. The van der Waals surface area contributed by atoms with Crippen LogP contribution in [0.4, 0.5) is 0 Å². The fourth-order valence-electron chi connectivity index (χ4n) is 4.17. The maximum atomic E-state index is 5.53. The van der Waals surface area contributed by atoms with Crippen molar-refractivity contribution >= 4 is 23.3 Å². The lowest BCUT2D eigenvalue weighted by Gasteiger charge is -2.23. The van der Waals surface area contributed by atoms with Crippen molar-refractivity contribution in [2.75, 3.05) is 26.7 Å². The van der Waals surface area contributed by atoms with E-state index >= 15 is 0 Å². The molecule has 28 heavy (non-hydrogen) atoms. The number of benzene rings is 2. The molecule has 0 saturated heterocycles. The van der Waals surface area contributed by atoms with Gasteiger partial charge in [-0.2, -0.15) is 0 Å². The van der Waals surface area contributed by atoms with Crippen LogP contribution in [-0.4, -0.2) is 36.2 Å². The average Bonchev–Trinajstić information content (AvgIpc) is 2.97. The molecule has 152 valence electrons. The van der Waals surface area contributed by atoms with Crippen LogP contribution in [0.25, 0.3) is 10.9 Å². The number of halogens is 1. The summed E-state index contributed by atoms with van der Waals surface area (Å²) in [6.45, 7) is 13.3. The van der Waals surface area contributed by atoms with Crippen LogP contribution in [0.5, 0.6) is 5.75 Å². The van der Waals surface area contributed by atoms with Crippen LogP contribution in [-0.2, 0) is 6.54 Å². The van der Waals surface area contributed by atoms with E-state index in [1.807, 2.05) is 0 Å². The summed E-state index contributed by atoms with van der Waals surface area (Å²) in [6, 6.07) is 17.2. The van der Waals surface area contributed by atoms with Gasteiger partial charge in [-0.3, -0.25) is 0 Å². The molecule has 0 radical (unpaired) electrons. The van der Waals surface area contributed by atoms with Crippen molar-refractivity contribution in [3.05, 3.63) is 65.4 Å². The highest BCUT2D eigenvalue weighted by molar-refractivity contribution is 5.87. The molecule has 0 aliphatic carbocycles. The highest BCUT2D eigenvalue weighted by Crippen LogP contribution is 2.35. The summed E-state index contributed by atoms with van der Waals surface area (Å²) in [7, 11) is 1.74. The molecule has 2 aromatic carbocycles. The molecule has 0 N–H and O–H groups in total. The van der Waals surface area contributed by atoms with Gasteiger partial charge >= 0.3 is 0 Å². The summed E-state index contributed by atoms with van der Waals surface area (Å²) in [6.07, 6.45) is 0. The molecule has 4 heteroatoms. The summed E-state index contributed by atoms with van der Waals surface area (Å²) in [5.74, 6) is 1.40. The van der Waals surface area contributed by atoms with Crippen LogP contribution in [0, 0.1) is 6.92 Å². The van der Waals surface area contributed by atoms with E-state index in [4.69, 9.17) is 4.74 Å². The molecule has 3 nitrogen and oxygen atoms in total. The minimum Gasteiger partial charge on any atom is -0.497 e. The Morgan fingerprint density at radius 3 is 2.32 bits per heavy atom. The highest BCUT2D eigenvalue weighted by Gasteiger charge is 2.21. The molecular weight excluding hydrogens is 368 g/mol. The second kappa shape index (κ2) is 9.99.